The molecular weight excluding hydrogens is 372 g/mol. The number of nitrogens with zero attached hydrogens (tertiary/aromatic N) is 1. The molecule has 0 aliphatic carbocycles. The number of thiazole rings is 1. The highest BCUT2D eigenvalue weighted by Gasteiger charge is 2.28. The van der Waals surface area contributed by atoms with Gasteiger partial charge in [0.25, 0.3) is 0 Å². The summed E-state index contributed by atoms with van der Waals surface area (Å²) >= 11 is 1.59. The zero-order valence-corrected chi connectivity index (χ0v) is 16.0. The number of benzene rings is 1. The number of ether oxygens (including phenoxy) is 1. The minimum Gasteiger partial charge on any atom is -0.487 e. The second kappa shape index (κ2) is 8.01. The van der Waals surface area contributed by atoms with Crippen LogP contribution in [0.5, 0.6) is 5.75 Å². The molecule has 1 aromatic heterocycles. The molecule has 1 aliphatic heterocycles. The average Bonchev–Trinajstić information content (AvgIpc) is 3.17. The quantitative estimate of drug-likeness (QED) is 0.763. The van der Waals surface area contributed by atoms with Crippen molar-refractivity contribution in [2.24, 2.45) is 0 Å². The summed E-state index contributed by atoms with van der Waals surface area (Å²) in [6.07, 6.45) is 3.58. The molecule has 0 radical (unpaired) electrons. The molecule has 1 N–H and O–H groups in total. The first-order valence-electron chi connectivity index (χ1n) is 8.22. The van der Waals surface area contributed by atoms with Gasteiger partial charge >= 0.3 is 0 Å². The van der Waals surface area contributed by atoms with E-state index < -0.39 is 9.84 Å². The van der Waals surface area contributed by atoms with Crippen molar-refractivity contribution < 1.29 is 17.9 Å². The van der Waals surface area contributed by atoms with Crippen molar-refractivity contribution in [2.75, 3.05) is 11.5 Å². The Morgan fingerprint density at radius 2 is 2.15 bits per heavy atom. The van der Waals surface area contributed by atoms with Gasteiger partial charge < -0.3 is 10.1 Å². The van der Waals surface area contributed by atoms with E-state index in [1.165, 1.54) is 6.08 Å². The summed E-state index contributed by atoms with van der Waals surface area (Å²) in [7, 11) is -2.99. The molecule has 1 saturated heterocycles. The number of aromatic nitrogens is 1. The van der Waals surface area contributed by atoms with Gasteiger partial charge in [-0.15, -0.1) is 11.3 Å². The maximum atomic E-state index is 11.9. The van der Waals surface area contributed by atoms with Crippen LogP contribution in [0.25, 0.3) is 6.08 Å². The third-order valence-electron chi connectivity index (χ3n) is 3.94. The Balaban J connectivity index is 1.48. The van der Waals surface area contributed by atoms with E-state index in [0.29, 0.717) is 13.0 Å². The van der Waals surface area contributed by atoms with Gasteiger partial charge in [0.2, 0.25) is 5.91 Å². The minimum atomic E-state index is -2.99. The standard InChI is InChI=1S/C18H20N2O4S2/c1-13-19-16(11-25-13)10-24-17-5-2-14(3-6-17)4-7-18(21)20-15-8-9-26(22,23)12-15/h2-7,11,15H,8-10,12H2,1H3,(H,20,21)/b7-4+. The fourth-order valence-corrected chi connectivity index (χ4v) is 4.91. The van der Waals surface area contributed by atoms with Gasteiger partial charge in [-0.2, -0.15) is 0 Å². The van der Waals surface area contributed by atoms with Crippen LogP contribution in [-0.2, 0) is 21.2 Å². The lowest BCUT2D eigenvalue weighted by molar-refractivity contribution is -0.116. The molecule has 8 heteroatoms. The Labute approximate surface area is 156 Å². The number of hydrogen-bond donors (Lipinski definition) is 1. The molecule has 1 aromatic carbocycles. The van der Waals surface area contributed by atoms with E-state index in [4.69, 9.17) is 4.74 Å². The van der Waals surface area contributed by atoms with Gasteiger partial charge in [-0.1, -0.05) is 12.1 Å². The van der Waals surface area contributed by atoms with Gasteiger partial charge in [0.15, 0.2) is 9.84 Å². The van der Waals surface area contributed by atoms with E-state index in [1.54, 1.807) is 17.4 Å². The fraction of sp³-hybridized carbons (Fsp3) is 0.333. The van der Waals surface area contributed by atoms with E-state index in [-0.39, 0.29) is 23.5 Å². The summed E-state index contributed by atoms with van der Waals surface area (Å²) in [4.78, 5) is 16.2. The summed E-state index contributed by atoms with van der Waals surface area (Å²) in [6, 6.07) is 7.08. The van der Waals surface area contributed by atoms with Gasteiger partial charge in [-0.25, -0.2) is 13.4 Å². The minimum absolute atomic E-state index is 0.0249. The largest absolute Gasteiger partial charge is 0.487 e. The zero-order valence-electron chi connectivity index (χ0n) is 14.3. The molecule has 0 bridgehead atoms. The number of rotatable bonds is 6. The molecular formula is C18H20N2O4S2. The fourth-order valence-electron chi connectivity index (χ4n) is 2.64. The van der Waals surface area contributed by atoms with Gasteiger partial charge in [0.05, 0.1) is 22.2 Å². The topological polar surface area (TPSA) is 85.4 Å². The van der Waals surface area contributed by atoms with E-state index in [1.807, 2.05) is 36.6 Å². The molecule has 138 valence electrons. The molecule has 6 nitrogen and oxygen atoms in total. The highest BCUT2D eigenvalue weighted by Crippen LogP contribution is 2.16. The summed E-state index contributed by atoms with van der Waals surface area (Å²) in [5, 5.41) is 5.71. The molecule has 1 aliphatic rings. The Morgan fingerprint density at radius 1 is 1.38 bits per heavy atom. The van der Waals surface area contributed by atoms with E-state index >= 15 is 0 Å². The van der Waals surface area contributed by atoms with Crippen LogP contribution < -0.4 is 10.1 Å². The average molecular weight is 393 g/mol. The summed E-state index contributed by atoms with van der Waals surface area (Å²) in [5.74, 6) is 0.612. The van der Waals surface area contributed by atoms with E-state index in [2.05, 4.69) is 10.3 Å². The Kier molecular flexibility index (Phi) is 5.73. The summed E-state index contributed by atoms with van der Waals surface area (Å²) < 4.78 is 28.5. The lowest BCUT2D eigenvalue weighted by Crippen LogP contribution is -2.34. The van der Waals surface area contributed by atoms with Crippen molar-refractivity contribution in [3.05, 3.63) is 52.0 Å². The van der Waals surface area contributed by atoms with Crippen molar-refractivity contribution >= 4 is 33.2 Å². The van der Waals surface area contributed by atoms with Gasteiger partial charge in [-0.3, -0.25) is 4.79 Å². The van der Waals surface area contributed by atoms with Crippen LogP contribution in [0.4, 0.5) is 0 Å². The molecule has 1 fully saturated rings. The predicted octanol–water partition coefficient (Wildman–Crippen LogP) is 2.35. The Hall–Kier alpha value is -2.19. The van der Waals surface area contributed by atoms with Crippen molar-refractivity contribution in [1.29, 1.82) is 0 Å². The lowest BCUT2D eigenvalue weighted by Gasteiger charge is -2.08. The first-order valence-corrected chi connectivity index (χ1v) is 10.9. The monoisotopic (exact) mass is 392 g/mol. The highest BCUT2D eigenvalue weighted by molar-refractivity contribution is 7.91. The molecule has 0 spiro atoms. The number of nitrogens with one attached hydrogen (secondary N) is 1. The van der Waals surface area contributed by atoms with Crippen LogP contribution in [0.1, 0.15) is 22.7 Å². The zero-order chi connectivity index (χ0) is 18.6. The third-order valence-corrected chi connectivity index (χ3v) is 6.53. The molecule has 1 amide bonds. The molecule has 1 unspecified atom stereocenters. The van der Waals surface area contributed by atoms with Crippen LogP contribution in [0.2, 0.25) is 0 Å². The first-order chi connectivity index (χ1) is 12.4. The van der Waals surface area contributed by atoms with Crippen molar-refractivity contribution in [2.45, 2.75) is 26.0 Å². The smallest absolute Gasteiger partial charge is 0.244 e. The number of amides is 1. The van der Waals surface area contributed by atoms with Crippen molar-refractivity contribution in [1.82, 2.24) is 10.3 Å². The Bertz CT molecular complexity index is 902. The number of carbonyl (C=O) groups excluding carboxylic acids is 1. The van der Waals surface area contributed by atoms with Crippen LogP contribution in [0.15, 0.2) is 35.7 Å². The van der Waals surface area contributed by atoms with Crippen LogP contribution in [0, 0.1) is 6.92 Å². The van der Waals surface area contributed by atoms with Gasteiger partial charge in [0.1, 0.15) is 12.4 Å². The molecule has 1 atom stereocenters. The Morgan fingerprint density at radius 3 is 2.77 bits per heavy atom. The molecule has 26 heavy (non-hydrogen) atoms. The maximum Gasteiger partial charge on any atom is 0.244 e. The molecule has 0 saturated carbocycles. The van der Waals surface area contributed by atoms with E-state index in [9.17, 15) is 13.2 Å². The molecule has 3 rings (SSSR count). The van der Waals surface area contributed by atoms with Crippen LogP contribution >= 0.6 is 11.3 Å². The van der Waals surface area contributed by atoms with Crippen LogP contribution in [-0.4, -0.2) is 36.9 Å². The third kappa shape index (κ3) is 5.40. The highest BCUT2D eigenvalue weighted by atomic mass is 32.2. The maximum absolute atomic E-state index is 11.9. The second-order valence-electron chi connectivity index (χ2n) is 6.16. The second-order valence-corrected chi connectivity index (χ2v) is 9.45. The summed E-state index contributed by atoms with van der Waals surface area (Å²) in [5.41, 5.74) is 1.76. The normalized spacial score (nSPS) is 18.9. The van der Waals surface area contributed by atoms with Crippen molar-refractivity contribution in [3.8, 4) is 5.75 Å². The number of sulfone groups is 1. The number of hydrogen-bond acceptors (Lipinski definition) is 6. The number of carbonyl (C=O) groups is 1. The van der Waals surface area contributed by atoms with Crippen LogP contribution in [0.3, 0.4) is 0 Å². The van der Waals surface area contributed by atoms with Gasteiger partial charge in [-0.05, 0) is 37.1 Å². The van der Waals surface area contributed by atoms with E-state index in [0.717, 1.165) is 22.0 Å². The molecule has 2 heterocycles. The number of aryl methyl sites for hydroxylation is 1. The predicted molar refractivity (Wildman–Crippen MR) is 102 cm³/mol. The first kappa shape index (κ1) is 18.6. The van der Waals surface area contributed by atoms with Gasteiger partial charge in [0, 0.05) is 17.5 Å². The SMILES string of the molecule is Cc1nc(COc2ccc(/C=C/C(=O)NC3CCS(=O)(=O)C3)cc2)cs1. The lowest BCUT2D eigenvalue weighted by atomic mass is 10.2. The van der Waals surface area contributed by atoms with Crippen molar-refractivity contribution in [3.63, 3.8) is 0 Å². The molecule has 2 aromatic rings. The summed E-state index contributed by atoms with van der Waals surface area (Å²) in [6.45, 7) is 2.38.